The Bertz CT molecular complexity index is 459. The predicted molar refractivity (Wildman–Crippen MR) is 85.3 cm³/mol. The molecule has 1 atom stereocenters. The molecule has 0 saturated carbocycles. The van der Waals surface area contributed by atoms with Gasteiger partial charge in [-0.25, -0.2) is 4.98 Å². The summed E-state index contributed by atoms with van der Waals surface area (Å²) >= 11 is 0. The largest absolute Gasteiger partial charge is 0.396 e. The van der Waals surface area contributed by atoms with Crippen LogP contribution in [-0.4, -0.2) is 27.7 Å². The summed E-state index contributed by atoms with van der Waals surface area (Å²) in [6, 6.07) is 0.158. The second-order valence-electron chi connectivity index (χ2n) is 4.63. The summed E-state index contributed by atoms with van der Waals surface area (Å²) in [7, 11) is 0. The van der Waals surface area contributed by atoms with E-state index in [4.69, 9.17) is 10.8 Å². The first-order valence-electron chi connectivity index (χ1n) is 6.96. The molecule has 1 aromatic rings. The number of anilines is 2. The van der Waals surface area contributed by atoms with Crippen LogP contribution in [0.25, 0.3) is 12.2 Å². The molecule has 5 nitrogen and oxygen atoms in total. The third kappa shape index (κ3) is 4.35. The monoisotopic (exact) mass is 276 g/mol. The van der Waals surface area contributed by atoms with Gasteiger partial charge in [0, 0.05) is 18.2 Å². The fourth-order valence-electron chi connectivity index (χ4n) is 2.06. The molecule has 1 heterocycles. The van der Waals surface area contributed by atoms with Crippen molar-refractivity contribution in [2.24, 2.45) is 0 Å². The van der Waals surface area contributed by atoms with Gasteiger partial charge in [-0.2, -0.15) is 4.98 Å². The van der Waals surface area contributed by atoms with Crippen LogP contribution in [0, 0.1) is 0 Å². The molecule has 1 aromatic heterocycles. The van der Waals surface area contributed by atoms with E-state index in [1.54, 1.807) is 12.2 Å². The molecule has 1 rings (SSSR count). The molecular weight excluding hydrogens is 252 g/mol. The molecular formula is C15H24N4O. The summed E-state index contributed by atoms with van der Waals surface area (Å²) in [5.74, 6) is 0.850. The fourth-order valence-corrected chi connectivity index (χ4v) is 2.06. The Labute approximate surface area is 120 Å². The highest BCUT2D eigenvalue weighted by molar-refractivity contribution is 5.71. The van der Waals surface area contributed by atoms with Crippen LogP contribution in [0.15, 0.2) is 13.2 Å². The lowest BCUT2D eigenvalue weighted by Gasteiger charge is -2.20. The number of nitrogen functional groups attached to an aromatic ring is 1. The summed E-state index contributed by atoms with van der Waals surface area (Å²) in [6.45, 7) is 9.79. The highest BCUT2D eigenvalue weighted by Crippen LogP contribution is 2.22. The van der Waals surface area contributed by atoms with Gasteiger partial charge in [0.05, 0.1) is 5.69 Å². The summed E-state index contributed by atoms with van der Waals surface area (Å²) in [5, 5.41) is 12.5. The van der Waals surface area contributed by atoms with Gasteiger partial charge < -0.3 is 16.2 Å². The lowest BCUT2D eigenvalue weighted by Crippen LogP contribution is -2.23. The highest BCUT2D eigenvalue weighted by atomic mass is 16.3. The standard InChI is InChI=1S/C15H24N4O/c1-4-7-8-11(9-10-20)17-14-12(5-2)13(6-3)18-15(16)19-14/h5-6,11,20H,2-4,7-10H2,1H3,(H3,16,17,18,19). The van der Waals surface area contributed by atoms with Crippen LogP contribution < -0.4 is 11.1 Å². The van der Waals surface area contributed by atoms with E-state index in [1.807, 2.05) is 0 Å². The molecule has 0 aliphatic rings. The maximum absolute atomic E-state index is 9.16. The lowest BCUT2D eigenvalue weighted by atomic mass is 10.1. The van der Waals surface area contributed by atoms with Crippen molar-refractivity contribution in [3.8, 4) is 0 Å². The molecule has 20 heavy (non-hydrogen) atoms. The second kappa shape index (κ2) is 8.32. The van der Waals surface area contributed by atoms with E-state index < -0.39 is 0 Å². The van der Waals surface area contributed by atoms with Crippen molar-refractivity contribution in [3.05, 3.63) is 24.4 Å². The molecule has 4 N–H and O–H groups in total. The summed E-state index contributed by atoms with van der Waals surface area (Å²) in [6.07, 6.45) is 7.17. The van der Waals surface area contributed by atoms with Gasteiger partial charge in [0.15, 0.2) is 0 Å². The first kappa shape index (κ1) is 16.2. The Morgan fingerprint density at radius 1 is 1.30 bits per heavy atom. The van der Waals surface area contributed by atoms with Crippen molar-refractivity contribution >= 4 is 23.9 Å². The minimum absolute atomic E-state index is 0.139. The van der Waals surface area contributed by atoms with E-state index in [-0.39, 0.29) is 18.6 Å². The first-order chi connectivity index (χ1) is 9.65. The zero-order valence-electron chi connectivity index (χ0n) is 12.1. The van der Waals surface area contributed by atoms with E-state index >= 15 is 0 Å². The first-order valence-corrected chi connectivity index (χ1v) is 6.96. The molecule has 110 valence electrons. The third-order valence-corrected chi connectivity index (χ3v) is 3.11. The number of hydrogen-bond donors (Lipinski definition) is 3. The van der Waals surface area contributed by atoms with Crippen LogP contribution >= 0.6 is 0 Å². The molecule has 0 radical (unpaired) electrons. The van der Waals surface area contributed by atoms with Crippen molar-refractivity contribution in [1.82, 2.24) is 9.97 Å². The third-order valence-electron chi connectivity index (χ3n) is 3.11. The lowest BCUT2D eigenvalue weighted by molar-refractivity contribution is 0.276. The van der Waals surface area contributed by atoms with Crippen LogP contribution in [0.4, 0.5) is 11.8 Å². The Morgan fingerprint density at radius 3 is 2.60 bits per heavy atom. The van der Waals surface area contributed by atoms with Crippen molar-refractivity contribution < 1.29 is 5.11 Å². The number of aromatic nitrogens is 2. The van der Waals surface area contributed by atoms with Crippen LogP contribution in [0.5, 0.6) is 0 Å². The Morgan fingerprint density at radius 2 is 2.05 bits per heavy atom. The van der Waals surface area contributed by atoms with E-state index in [0.717, 1.165) is 24.8 Å². The van der Waals surface area contributed by atoms with Gasteiger partial charge in [0.25, 0.3) is 0 Å². The van der Waals surface area contributed by atoms with Gasteiger partial charge in [-0.3, -0.25) is 0 Å². The molecule has 1 unspecified atom stereocenters. The average Bonchev–Trinajstić information content (AvgIpc) is 2.44. The number of aliphatic hydroxyl groups excluding tert-OH is 1. The van der Waals surface area contributed by atoms with Gasteiger partial charge in [-0.05, 0) is 18.9 Å². The average molecular weight is 276 g/mol. The fraction of sp³-hybridized carbons (Fsp3) is 0.467. The van der Waals surface area contributed by atoms with Crippen molar-refractivity contribution in [2.75, 3.05) is 17.7 Å². The van der Waals surface area contributed by atoms with Crippen molar-refractivity contribution in [1.29, 1.82) is 0 Å². The molecule has 0 saturated heterocycles. The van der Waals surface area contributed by atoms with Crippen LogP contribution in [0.1, 0.15) is 43.9 Å². The van der Waals surface area contributed by atoms with E-state index in [1.165, 1.54) is 0 Å². The Hall–Kier alpha value is -1.88. The van der Waals surface area contributed by atoms with Gasteiger partial charge in [-0.1, -0.05) is 39.0 Å². The number of aliphatic hydroxyl groups is 1. The zero-order valence-corrected chi connectivity index (χ0v) is 12.1. The van der Waals surface area contributed by atoms with Crippen LogP contribution in [-0.2, 0) is 0 Å². The smallest absolute Gasteiger partial charge is 0.222 e. The van der Waals surface area contributed by atoms with Gasteiger partial charge >= 0.3 is 0 Å². The molecule has 5 heteroatoms. The quantitative estimate of drug-likeness (QED) is 0.646. The molecule has 0 aliphatic heterocycles. The van der Waals surface area contributed by atoms with Gasteiger partial charge in [0.1, 0.15) is 5.82 Å². The molecule has 0 aromatic carbocycles. The number of nitrogens with two attached hydrogens (primary N) is 1. The van der Waals surface area contributed by atoms with E-state index in [2.05, 4.69) is 35.4 Å². The Balaban J connectivity index is 3.00. The van der Waals surface area contributed by atoms with Crippen LogP contribution in [0.2, 0.25) is 0 Å². The number of nitrogens with zero attached hydrogens (tertiary/aromatic N) is 2. The predicted octanol–water partition coefficient (Wildman–Crippen LogP) is 2.70. The summed E-state index contributed by atoms with van der Waals surface area (Å²) in [4.78, 5) is 8.36. The molecule has 0 aliphatic carbocycles. The zero-order chi connectivity index (χ0) is 15.0. The van der Waals surface area contributed by atoms with Gasteiger partial charge in [-0.15, -0.1) is 0 Å². The molecule has 0 amide bonds. The number of rotatable bonds is 9. The topological polar surface area (TPSA) is 84.1 Å². The number of hydrogen-bond acceptors (Lipinski definition) is 5. The Kier molecular flexibility index (Phi) is 6.73. The maximum atomic E-state index is 9.16. The number of nitrogens with one attached hydrogen (secondary N) is 1. The SMILES string of the molecule is C=Cc1nc(N)nc(NC(CCO)CCCC)c1C=C. The molecule has 0 fully saturated rings. The second-order valence-corrected chi connectivity index (χ2v) is 4.63. The normalized spacial score (nSPS) is 11.9. The molecule has 0 bridgehead atoms. The van der Waals surface area contributed by atoms with Crippen LogP contribution in [0.3, 0.4) is 0 Å². The number of unbranched alkanes of at least 4 members (excludes halogenated alkanes) is 1. The van der Waals surface area contributed by atoms with Crippen molar-refractivity contribution in [2.45, 2.75) is 38.6 Å². The summed E-state index contributed by atoms with van der Waals surface area (Å²) < 4.78 is 0. The van der Waals surface area contributed by atoms with Crippen molar-refractivity contribution in [3.63, 3.8) is 0 Å². The van der Waals surface area contributed by atoms with Gasteiger partial charge in [0.2, 0.25) is 5.95 Å². The highest BCUT2D eigenvalue weighted by Gasteiger charge is 2.13. The summed E-state index contributed by atoms with van der Waals surface area (Å²) in [5.41, 5.74) is 7.16. The molecule has 0 spiro atoms. The van der Waals surface area contributed by atoms with E-state index in [9.17, 15) is 0 Å². The minimum atomic E-state index is 0.139. The maximum Gasteiger partial charge on any atom is 0.222 e. The van der Waals surface area contributed by atoms with E-state index in [0.29, 0.717) is 17.9 Å². The minimum Gasteiger partial charge on any atom is -0.396 e.